The van der Waals surface area contributed by atoms with Crippen LogP contribution in [0.4, 0.5) is 0 Å². The fourth-order valence-corrected chi connectivity index (χ4v) is 5.66. The molecule has 200 valence electrons. The molecule has 6 rings (SSSR count). The molecule has 40 heavy (non-hydrogen) atoms. The maximum atomic E-state index is 13.7. The summed E-state index contributed by atoms with van der Waals surface area (Å²) in [7, 11) is 3.16. The van der Waals surface area contributed by atoms with Gasteiger partial charge in [0.05, 0.1) is 11.1 Å². The van der Waals surface area contributed by atoms with Gasteiger partial charge in [-0.05, 0) is 52.6 Å². The SMILES string of the molecule is Cn1c(=O)c2c(-c3ccc(Cl)cc3)c3c(nc2n(C)c1=O)/C(=C/c1ccc(Cl)cc1)CN(Cc1ccccc1)C3. The molecule has 2 aromatic heterocycles. The van der Waals surface area contributed by atoms with Gasteiger partial charge in [-0.25, -0.2) is 9.78 Å². The zero-order valence-electron chi connectivity index (χ0n) is 22.1. The van der Waals surface area contributed by atoms with E-state index >= 15 is 0 Å². The average molecular weight is 569 g/mol. The molecule has 0 N–H and O–H groups in total. The van der Waals surface area contributed by atoms with Crippen LogP contribution >= 0.6 is 23.2 Å². The summed E-state index contributed by atoms with van der Waals surface area (Å²) in [6.07, 6.45) is 2.11. The standard InChI is InChI=1S/C32H26Cl2N4O2/c1-36-30-28(31(39)37(2)32(36)40)27(22-10-14-25(34)15-11-22)26-19-38(17-21-6-4-3-5-7-21)18-23(29(26)35-30)16-20-8-12-24(33)13-9-20/h3-16H,17-19H2,1-2H3/b23-16+. The molecule has 0 spiro atoms. The summed E-state index contributed by atoms with van der Waals surface area (Å²) in [5, 5.41) is 1.68. The highest BCUT2D eigenvalue weighted by Crippen LogP contribution is 2.39. The third-order valence-electron chi connectivity index (χ3n) is 7.36. The number of hydrogen-bond donors (Lipinski definition) is 0. The van der Waals surface area contributed by atoms with Crippen LogP contribution in [0.15, 0.2) is 88.5 Å². The highest BCUT2D eigenvalue weighted by atomic mass is 35.5. The topological polar surface area (TPSA) is 60.1 Å². The highest BCUT2D eigenvalue weighted by Gasteiger charge is 2.29. The molecular weight excluding hydrogens is 543 g/mol. The number of rotatable bonds is 4. The van der Waals surface area contributed by atoms with Gasteiger partial charge in [0.1, 0.15) is 0 Å². The van der Waals surface area contributed by atoms with Crippen LogP contribution in [0.5, 0.6) is 0 Å². The Bertz CT molecular complexity index is 1890. The number of halogens is 2. The van der Waals surface area contributed by atoms with E-state index in [1.807, 2.05) is 66.7 Å². The predicted octanol–water partition coefficient (Wildman–Crippen LogP) is 6.16. The van der Waals surface area contributed by atoms with Gasteiger partial charge in [-0.3, -0.25) is 18.8 Å². The number of aryl methyl sites for hydroxylation is 1. The summed E-state index contributed by atoms with van der Waals surface area (Å²) in [4.78, 5) is 34.0. The van der Waals surface area contributed by atoms with Crippen molar-refractivity contribution in [1.29, 1.82) is 0 Å². The first-order valence-corrected chi connectivity index (χ1v) is 13.7. The van der Waals surface area contributed by atoms with E-state index in [9.17, 15) is 9.59 Å². The molecule has 6 nitrogen and oxygen atoms in total. The summed E-state index contributed by atoms with van der Waals surface area (Å²) < 4.78 is 2.59. The molecule has 0 bridgehead atoms. The molecule has 0 saturated carbocycles. The molecule has 1 aliphatic heterocycles. The summed E-state index contributed by atoms with van der Waals surface area (Å²) in [5.41, 5.74) is 6.06. The minimum Gasteiger partial charge on any atom is -0.290 e. The quantitative estimate of drug-likeness (QED) is 0.260. The zero-order valence-corrected chi connectivity index (χ0v) is 23.6. The maximum Gasteiger partial charge on any atom is 0.332 e. The molecule has 8 heteroatoms. The third kappa shape index (κ3) is 4.79. The van der Waals surface area contributed by atoms with Gasteiger partial charge < -0.3 is 0 Å². The first-order valence-electron chi connectivity index (χ1n) is 12.9. The van der Waals surface area contributed by atoms with Crippen molar-refractivity contribution in [2.24, 2.45) is 14.1 Å². The van der Waals surface area contributed by atoms with Gasteiger partial charge in [-0.15, -0.1) is 0 Å². The minimum absolute atomic E-state index is 0.357. The summed E-state index contributed by atoms with van der Waals surface area (Å²) >= 11 is 12.4. The van der Waals surface area contributed by atoms with Crippen molar-refractivity contribution in [2.75, 3.05) is 6.54 Å². The Hall–Kier alpha value is -3.97. The van der Waals surface area contributed by atoms with Crippen LogP contribution in [-0.4, -0.2) is 25.6 Å². The summed E-state index contributed by atoms with van der Waals surface area (Å²) in [6.45, 7) is 1.94. The second-order valence-electron chi connectivity index (χ2n) is 10.1. The average Bonchev–Trinajstić information content (AvgIpc) is 2.96. The van der Waals surface area contributed by atoms with Gasteiger partial charge in [0.15, 0.2) is 5.65 Å². The van der Waals surface area contributed by atoms with Gasteiger partial charge in [0.25, 0.3) is 5.56 Å². The third-order valence-corrected chi connectivity index (χ3v) is 7.87. The number of aromatic nitrogens is 3. The Morgan fingerprint density at radius 3 is 2.15 bits per heavy atom. The largest absolute Gasteiger partial charge is 0.332 e. The first-order chi connectivity index (χ1) is 19.3. The fourth-order valence-electron chi connectivity index (χ4n) is 5.40. The van der Waals surface area contributed by atoms with E-state index in [1.54, 1.807) is 7.05 Å². The predicted molar refractivity (Wildman–Crippen MR) is 163 cm³/mol. The normalized spacial score (nSPS) is 14.6. The Kier molecular flexibility index (Phi) is 6.92. The number of benzene rings is 3. The van der Waals surface area contributed by atoms with Crippen LogP contribution < -0.4 is 11.2 Å². The first kappa shape index (κ1) is 26.3. The van der Waals surface area contributed by atoms with Crippen molar-refractivity contribution < 1.29 is 0 Å². The van der Waals surface area contributed by atoms with Crippen LogP contribution in [0.1, 0.15) is 22.4 Å². The number of nitrogens with zero attached hydrogens (tertiary/aromatic N) is 4. The Labute approximate surface area is 241 Å². The molecular formula is C32H26Cl2N4O2. The van der Waals surface area contributed by atoms with Crippen LogP contribution in [0.25, 0.3) is 33.8 Å². The van der Waals surface area contributed by atoms with Gasteiger partial charge in [0.2, 0.25) is 0 Å². The maximum absolute atomic E-state index is 13.7. The molecule has 0 aliphatic carbocycles. The Morgan fingerprint density at radius 1 is 0.825 bits per heavy atom. The van der Waals surface area contributed by atoms with Crippen LogP contribution in [0, 0.1) is 0 Å². The van der Waals surface area contributed by atoms with Crippen LogP contribution in [0.3, 0.4) is 0 Å². The van der Waals surface area contributed by atoms with E-state index in [-0.39, 0.29) is 5.56 Å². The Balaban J connectivity index is 1.67. The highest BCUT2D eigenvalue weighted by molar-refractivity contribution is 6.31. The van der Waals surface area contributed by atoms with E-state index in [0.29, 0.717) is 34.2 Å². The van der Waals surface area contributed by atoms with Crippen molar-refractivity contribution in [3.05, 3.63) is 132 Å². The van der Waals surface area contributed by atoms with E-state index < -0.39 is 5.69 Å². The minimum atomic E-state index is -0.420. The number of fused-ring (bicyclic) bond motifs is 2. The summed E-state index contributed by atoms with van der Waals surface area (Å²) in [6, 6.07) is 25.4. The fraction of sp³-hybridized carbons (Fsp3) is 0.156. The van der Waals surface area contributed by atoms with Crippen molar-refractivity contribution in [2.45, 2.75) is 13.1 Å². The van der Waals surface area contributed by atoms with Crippen molar-refractivity contribution in [1.82, 2.24) is 19.0 Å². The molecule has 1 aliphatic rings. The lowest BCUT2D eigenvalue weighted by Crippen LogP contribution is -2.38. The molecule has 3 aromatic carbocycles. The lowest BCUT2D eigenvalue weighted by molar-refractivity contribution is 0.283. The van der Waals surface area contributed by atoms with Crippen molar-refractivity contribution >= 4 is 45.9 Å². The molecule has 0 radical (unpaired) electrons. The molecule has 0 amide bonds. The van der Waals surface area contributed by atoms with Gasteiger partial charge in [0, 0.05) is 54.9 Å². The number of hydrogen-bond acceptors (Lipinski definition) is 4. The summed E-state index contributed by atoms with van der Waals surface area (Å²) in [5.74, 6) is 0. The molecule has 0 atom stereocenters. The lowest BCUT2D eigenvalue weighted by Gasteiger charge is -2.32. The smallest absolute Gasteiger partial charge is 0.290 e. The van der Waals surface area contributed by atoms with Gasteiger partial charge in [-0.2, -0.15) is 0 Å². The van der Waals surface area contributed by atoms with E-state index in [4.69, 9.17) is 28.2 Å². The molecule has 3 heterocycles. The van der Waals surface area contributed by atoms with Crippen molar-refractivity contribution in [3.8, 4) is 11.1 Å². The molecule has 0 unspecified atom stereocenters. The van der Waals surface area contributed by atoms with E-state index in [0.717, 1.165) is 44.6 Å². The van der Waals surface area contributed by atoms with Crippen LogP contribution in [-0.2, 0) is 27.2 Å². The Morgan fingerprint density at radius 2 is 1.48 bits per heavy atom. The van der Waals surface area contributed by atoms with Gasteiger partial charge >= 0.3 is 5.69 Å². The monoisotopic (exact) mass is 568 g/mol. The second kappa shape index (κ2) is 10.5. The molecule has 0 saturated heterocycles. The number of pyridine rings is 1. The molecule has 0 fully saturated rings. The van der Waals surface area contributed by atoms with E-state index in [2.05, 4.69) is 23.1 Å². The van der Waals surface area contributed by atoms with E-state index in [1.165, 1.54) is 17.2 Å². The van der Waals surface area contributed by atoms with Crippen LogP contribution in [0.2, 0.25) is 10.0 Å². The van der Waals surface area contributed by atoms with Gasteiger partial charge in [-0.1, -0.05) is 77.8 Å². The van der Waals surface area contributed by atoms with Crippen molar-refractivity contribution in [3.63, 3.8) is 0 Å². The second-order valence-corrected chi connectivity index (χ2v) is 10.9. The molecule has 5 aromatic rings. The lowest BCUT2D eigenvalue weighted by atomic mass is 9.89. The zero-order chi connectivity index (χ0) is 28.0.